The van der Waals surface area contributed by atoms with Crippen molar-refractivity contribution in [3.63, 3.8) is 0 Å². The molecule has 2 amide bonds. The molecule has 1 aromatic carbocycles. The van der Waals surface area contributed by atoms with Crippen LogP contribution in [0.1, 0.15) is 76.6 Å². The summed E-state index contributed by atoms with van der Waals surface area (Å²) in [6, 6.07) is 5.99. The van der Waals surface area contributed by atoms with Crippen LogP contribution in [-0.4, -0.2) is 34.0 Å². The molecule has 4 unspecified atom stereocenters. The van der Waals surface area contributed by atoms with Crippen LogP contribution in [0.4, 0.5) is 5.69 Å². The molecule has 7 nitrogen and oxygen atoms in total. The summed E-state index contributed by atoms with van der Waals surface area (Å²) < 4.78 is 0. The number of fused-ring (bicyclic) bond motifs is 1. The number of hydrogen-bond donors (Lipinski definition) is 2. The fourth-order valence-electron chi connectivity index (χ4n) is 9.97. The second-order valence-corrected chi connectivity index (χ2v) is 13.3. The van der Waals surface area contributed by atoms with Crippen molar-refractivity contribution < 1.29 is 29.4 Å². The Kier molecular flexibility index (Phi) is 5.35. The Labute approximate surface area is 223 Å². The predicted octanol–water partition coefficient (Wildman–Crippen LogP) is 5.40. The van der Waals surface area contributed by atoms with Gasteiger partial charge in [0, 0.05) is 5.41 Å². The summed E-state index contributed by atoms with van der Waals surface area (Å²) in [4.78, 5) is 53.5. The van der Waals surface area contributed by atoms with Gasteiger partial charge in [-0.15, -0.1) is 0 Å². The lowest BCUT2D eigenvalue weighted by atomic mass is 9.34. The molecule has 1 spiro atoms. The number of carboxylic acid groups (broad SMARTS) is 2. The zero-order valence-corrected chi connectivity index (χ0v) is 22.6. The van der Waals surface area contributed by atoms with Crippen molar-refractivity contribution in [1.82, 2.24) is 0 Å². The summed E-state index contributed by atoms with van der Waals surface area (Å²) >= 11 is 0. The molecule has 202 valence electrons. The second kappa shape index (κ2) is 8.03. The highest BCUT2D eigenvalue weighted by Gasteiger charge is 2.73. The summed E-state index contributed by atoms with van der Waals surface area (Å²) in [5, 5.41) is 19.6. The molecule has 7 rings (SSSR count). The standard InChI is InChI=1S/C31H37NO6/c1-16(2)20-15-31-13-10-21-29(3,11-5-12-30(21,4)28(37)38)22(31)14-19(20)23-24(31)26(34)32(25(23)33)18-8-6-17(7-9-18)27(35)36/h6-9,15-16,19,21-24H,5,10-14H2,1-4H3,(H,35,36)(H,37,38)/t19?,21?,22?,23-,24+,29+,30-,31?/m1/s1. The van der Waals surface area contributed by atoms with Crippen molar-refractivity contribution in [1.29, 1.82) is 0 Å². The number of amides is 2. The maximum absolute atomic E-state index is 14.3. The van der Waals surface area contributed by atoms with Crippen molar-refractivity contribution in [2.45, 2.75) is 66.2 Å². The van der Waals surface area contributed by atoms with Crippen LogP contribution in [0, 0.1) is 51.8 Å². The van der Waals surface area contributed by atoms with Crippen molar-refractivity contribution in [2.24, 2.45) is 51.8 Å². The Balaban J connectivity index is 1.46. The highest BCUT2D eigenvalue weighted by Crippen LogP contribution is 2.74. The van der Waals surface area contributed by atoms with Gasteiger partial charge in [0.2, 0.25) is 11.8 Å². The highest BCUT2D eigenvalue weighted by molar-refractivity contribution is 6.23. The molecule has 38 heavy (non-hydrogen) atoms. The van der Waals surface area contributed by atoms with Gasteiger partial charge in [-0.05, 0) is 92.4 Å². The molecule has 6 aliphatic rings. The number of hydrogen-bond acceptors (Lipinski definition) is 4. The summed E-state index contributed by atoms with van der Waals surface area (Å²) in [6.45, 7) is 8.51. The molecule has 0 aromatic heterocycles. The van der Waals surface area contributed by atoms with Gasteiger partial charge in [0.1, 0.15) is 0 Å². The molecule has 0 radical (unpaired) electrons. The molecule has 5 aliphatic carbocycles. The minimum Gasteiger partial charge on any atom is -0.481 e. The van der Waals surface area contributed by atoms with Gasteiger partial charge in [-0.1, -0.05) is 38.8 Å². The van der Waals surface area contributed by atoms with Crippen LogP contribution in [-0.2, 0) is 14.4 Å². The number of rotatable bonds is 4. The van der Waals surface area contributed by atoms with Crippen LogP contribution in [0.15, 0.2) is 35.9 Å². The zero-order chi connectivity index (χ0) is 27.4. The Morgan fingerprint density at radius 2 is 1.66 bits per heavy atom. The van der Waals surface area contributed by atoms with E-state index in [1.54, 1.807) is 12.1 Å². The van der Waals surface area contributed by atoms with E-state index in [0.29, 0.717) is 12.1 Å². The van der Waals surface area contributed by atoms with Gasteiger partial charge in [0.15, 0.2) is 0 Å². The van der Waals surface area contributed by atoms with E-state index in [-0.39, 0.29) is 46.5 Å². The van der Waals surface area contributed by atoms with Crippen molar-refractivity contribution in [3.05, 3.63) is 41.5 Å². The van der Waals surface area contributed by atoms with Crippen LogP contribution >= 0.6 is 0 Å². The van der Waals surface area contributed by atoms with Crippen LogP contribution in [0.5, 0.6) is 0 Å². The number of allylic oxidation sites excluding steroid dienone is 2. The molecule has 1 aliphatic heterocycles. The molecule has 2 N–H and O–H groups in total. The maximum atomic E-state index is 14.3. The van der Waals surface area contributed by atoms with Crippen LogP contribution in [0.25, 0.3) is 0 Å². The van der Waals surface area contributed by atoms with Crippen molar-refractivity contribution in [2.75, 3.05) is 4.90 Å². The van der Waals surface area contributed by atoms with E-state index in [1.165, 1.54) is 22.6 Å². The van der Waals surface area contributed by atoms with Crippen LogP contribution < -0.4 is 4.90 Å². The third-order valence-electron chi connectivity index (χ3n) is 11.5. The first-order valence-corrected chi connectivity index (χ1v) is 14.0. The van der Waals surface area contributed by atoms with Gasteiger partial charge in [-0.2, -0.15) is 0 Å². The van der Waals surface area contributed by atoms with E-state index in [1.807, 2.05) is 6.92 Å². The van der Waals surface area contributed by atoms with Gasteiger partial charge in [-0.3, -0.25) is 19.3 Å². The smallest absolute Gasteiger partial charge is 0.335 e. The van der Waals surface area contributed by atoms with Crippen LogP contribution in [0.3, 0.4) is 0 Å². The first kappa shape index (κ1) is 25.3. The largest absolute Gasteiger partial charge is 0.481 e. The number of benzene rings is 1. The van der Waals surface area contributed by atoms with Gasteiger partial charge < -0.3 is 10.2 Å². The second-order valence-electron chi connectivity index (χ2n) is 13.3. The SMILES string of the molecule is CC(C)C1=CC23CCC4[C@](C)(CCC[C@@]4(C)C(=O)O)C2CC1[C@H]1C(=O)N(c2ccc(C(=O)O)cc2)C(=O)[C@H]13. The van der Waals surface area contributed by atoms with E-state index in [0.717, 1.165) is 32.1 Å². The normalized spacial score (nSPS) is 41.4. The fraction of sp³-hybridized carbons (Fsp3) is 0.613. The lowest BCUT2D eigenvalue weighted by Gasteiger charge is -2.68. The Morgan fingerprint density at radius 3 is 2.26 bits per heavy atom. The van der Waals surface area contributed by atoms with E-state index < -0.39 is 34.6 Å². The maximum Gasteiger partial charge on any atom is 0.335 e. The molecule has 3 saturated carbocycles. The molecule has 1 saturated heterocycles. The molecule has 1 aromatic rings. The van der Waals surface area contributed by atoms with Gasteiger partial charge in [0.25, 0.3) is 0 Å². The molecule has 1 heterocycles. The Morgan fingerprint density at radius 1 is 0.974 bits per heavy atom. The molecule has 8 atom stereocenters. The third-order valence-corrected chi connectivity index (χ3v) is 11.5. The van der Waals surface area contributed by atoms with Gasteiger partial charge in [0.05, 0.1) is 28.5 Å². The number of nitrogens with zero attached hydrogens (tertiary/aromatic N) is 1. The lowest BCUT2D eigenvalue weighted by Crippen LogP contribution is -2.65. The number of aromatic carboxylic acids is 1. The molecular weight excluding hydrogens is 482 g/mol. The first-order valence-electron chi connectivity index (χ1n) is 14.0. The summed E-state index contributed by atoms with van der Waals surface area (Å²) in [5.74, 6) is -2.62. The Hall–Kier alpha value is -2.96. The number of aliphatic carboxylic acids is 1. The average molecular weight is 520 g/mol. The summed E-state index contributed by atoms with van der Waals surface area (Å²) in [5.41, 5.74) is 0.343. The number of carbonyl (C=O) groups excluding carboxylic acids is 2. The minimum absolute atomic E-state index is 0.0393. The first-order chi connectivity index (χ1) is 17.9. The van der Waals surface area contributed by atoms with Gasteiger partial charge in [-0.25, -0.2) is 4.79 Å². The minimum atomic E-state index is -1.05. The molecule has 7 heteroatoms. The number of carbonyl (C=O) groups is 4. The average Bonchev–Trinajstić information content (AvgIpc) is 3.15. The number of imide groups is 1. The van der Waals surface area contributed by atoms with E-state index in [9.17, 15) is 29.4 Å². The third kappa shape index (κ3) is 3.02. The van der Waals surface area contributed by atoms with E-state index in [2.05, 4.69) is 26.8 Å². The Bertz CT molecular complexity index is 1280. The van der Waals surface area contributed by atoms with Gasteiger partial charge >= 0.3 is 11.9 Å². The highest BCUT2D eigenvalue weighted by atomic mass is 16.4. The van der Waals surface area contributed by atoms with Crippen molar-refractivity contribution in [3.8, 4) is 0 Å². The lowest BCUT2D eigenvalue weighted by molar-refractivity contribution is -0.194. The zero-order valence-electron chi connectivity index (χ0n) is 22.6. The summed E-state index contributed by atoms with van der Waals surface area (Å²) in [7, 11) is 0. The summed E-state index contributed by atoms with van der Waals surface area (Å²) in [6.07, 6.45) is 7.13. The van der Waals surface area contributed by atoms with Crippen LogP contribution in [0.2, 0.25) is 0 Å². The van der Waals surface area contributed by atoms with E-state index >= 15 is 0 Å². The molecule has 2 bridgehead atoms. The fourth-order valence-corrected chi connectivity index (χ4v) is 9.97. The number of carboxylic acids is 2. The quantitative estimate of drug-likeness (QED) is 0.407. The predicted molar refractivity (Wildman–Crippen MR) is 140 cm³/mol. The van der Waals surface area contributed by atoms with E-state index in [4.69, 9.17) is 0 Å². The topological polar surface area (TPSA) is 112 Å². The monoisotopic (exact) mass is 519 g/mol. The van der Waals surface area contributed by atoms with Crippen molar-refractivity contribution >= 4 is 29.4 Å². The molecular formula is C31H37NO6. The molecule has 4 fully saturated rings. The number of anilines is 1.